The molecule has 10 aromatic rings. The molecule has 280 valence electrons. The van der Waals surface area contributed by atoms with Crippen LogP contribution in [0.4, 0.5) is 0 Å². The first kappa shape index (κ1) is 34.4. The van der Waals surface area contributed by atoms with Crippen molar-refractivity contribution in [2.24, 2.45) is 5.92 Å². The first-order chi connectivity index (χ1) is 28.2. The Kier molecular flexibility index (Phi) is 7.46. The van der Waals surface area contributed by atoms with Crippen molar-refractivity contribution in [3.8, 4) is 45.5 Å². The van der Waals surface area contributed by atoms with E-state index >= 15 is 0 Å². The standard InChI is InChI=1S/C53H43N5/c1-33-52(2,3)43-24-16-23-38(46(43)53(33,4)5)34-27-29-37(30-28-34)57-44-25-14-12-21-39(44)41-31-32-42-40-22-13-15-26-45(40)58(48(42)47(41)57)51-55-49(35-17-8-6-9-18-35)54-50(56-51)36-19-10-7-11-20-36/h6-33H,1-5H3. The predicted octanol–water partition coefficient (Wildman–Crippen LogP) is 13.3. The van der Waals surface area contributed by atoms with Crippen molar-refractivity contribution in [1.82, 2.24) is 24.1 Å². The van der Waals surface area contributed by atoms with E-state index in [1.807, 2.05) is 36.4 Å². The highest BCUT2D eigenvalue weighted by Crippen LogP contribution is 2.56. The van der Waals surface area contributed by atoms with Crippen LogP contribution in [0.3, 0.4) is 0 Å². The van der Waals surface area contributed by atoms with Crippen LogP contribution in [0.25, 0.3) is 89.2 Å². The van der Waals surface area contributed by atoms with E-state index in [9.17, 15) is 0 Å². The van der Waals surface area contributed by atoms with E-state index in [2.05, 4.69) is 171 Å². The van der Waals surface area contributed by atoms with Gasteiger partial charge in [0.1, 0.15) is 0 Å². The third-order valence-corrected chi connectivity index (χ3v) is 13.4. The van der Waals surface area contributed by atoms with Crippen LogP contribution in [0.15, 0.2) is 164 Å². The zero-order valence-electron chi connectivity index (χ0n) is 33.4. The maximum atomic E-state index is 5.27. The maximum Gasteiger partial charge on any atom is 0.238 e. The van der Waals surface area contributed by atoms with Gasteiger partial charge in [-0.2, -0.15) is 9.97 Å². The number of nitrogens with zero attached hydrogens (tertiary/aromatic N) is 5. The predicted molar refractivity (Wildman–Crippen MR) is 240 cm³/mol. The van der Waals surface area contributed by atoms with Gasteiger partial charge >= 0.3 is 0 Å². The molecular weight excluding hydrogens is 707 g/mol. The van der Waals surface area contributed by atoms with Crippen molar-refractivity contribution in [2.75, 3.05) is 0 Å². The average molecular weight is 750 g/mol. The lowest BCUT2D eigenvalue weighted by atomic mass is 9.71. The largest absolute Gasteiger partial charge is 0.307 e. The minimum Gasteiger partial charge on any atom is -0.307 e. The summed E-state index contributed by atoms with van der Waals surface area (Å²) in [6.45, 7) is 12.1. The van der Waals surface area contributed by atoms with Gasteiger partial charge in [0.05, 0.1) is 22.1 Å². The molecule has 5 heteroatoms. The second kappa shape index (κ2) is 12.6. The SMILES string of the molecule is CC1C(C)(C)c2cccc(-c3ccc(-n4c5ccccc5c5ccc6c7ccccc7n(-c7nc(-c8ccccc8)nc(-c8ccccc8)n7)c6c54)cc3)c2C1(C)C. The number of hydrogen-bond acceptors (Lipinski definition) is 3. The van der Waals surface area contributed by atoms with Crippen LogP contribution in [0.2, 0.25) is 0 Å². The minimum atomic E-state index is 0.0513. The number of fused-ring (bicyclic) bond motifs is 8. The van der Waals surface area contributed by atoms with Gasteiger partial charge in [-0.15, -0.1) is 0 Å². The Morgan fingerprint density at radius 3 is 1.53 bits per heavy atom. The number of rotatable bonds is 5. The van der Waals surface area contributed by atoms with E-state index in [0.29, 0.717) is 23.5 Å². The summed E-state index contributed by atoms with van der Waals surface area (Å²) < 4.78 is 4.70. The number of benzene rings is 7. The van der Waals surface area contributed by atoms with E-state index in [1.165, 1.54) is 33.0 Å². The molecule has 0 bridgehead atoms. The fraction of sp³-hybridized carbons (Fsp3) is 0.151. The summed E-state index contributed by atoms with van der Waals surface area (Å²) in [6, 6.07) is 58.5. The third kappa shape index (κ3) is 4.92. The molecule has 1 unspecified atom stereocenters. The number of hydrogen-bond donors (Lipinski definition) is 0. The second-order valence-corrected chi connectivity index (χ2v) is 17.0. The van der Waals surface area contributed by atoms with Crippen LogP contribution in [0.5, 0.6) is 0 Å². The molecule has 0 saturated carbocycles. The monoisotopic (exact) mass is 749 g/mol. The summed E-state index contributed by atoms with van der Waals surface area (Å²) in [5.41, 5.74) is 13.0. The molecule has 3 aromatic heterocycles. The van der Waals surface area contributed by atoms with E-state index in [4.69, 9.17) is 15.0 Å². The van der Waals surface area contributed by atoms with Gasteiger partial charge in [-0.3, -0.25) is 4.57 Å². The molecule has 0 saturated heterocycles. The minimum absolute atomic E-state index is 0.0513. The molecule has 0 N–H and O–H groups in total. The average Bonchev–Trinajstić information content (AvgIpc) is 3.83. The van der Waals surface area contributed by atoms with Gasteiger partial charge < -0.3 is 4.57 Å². The normalized spacial score (nSPS) is 15.8. The van der Waals surface area contributed by atoms with Gasteiger partial charge in [0.25, 0.3) is 0 Å². The lowest BCUT2D eigenvalue weighted by molar-refractivity contribution is 0.264. The van der Waals surface area contributed by atoms with E-state index in [0.717, 1.165) is 49.7 Å². The summed E-state index contributed by atoms with van der Waals surface area (Å²) in [6.07, 6.45) is 0. The summed E-state index contributed by atoms with van der Waals surface area (Å²) in [5.74, 6) is 2.36. The summed E-state index contributed by atoms with van der Waals surface area (Å²) in [4.78, 5) is 15.6. The zero-order valence-corrected chi connectivity index (χ0v) is 33.4. The number of aromatic nitrogens is 5. The molecule has 0 spiro atoms. The van der Waals surface area contributed by atoms with Crippen LogP contribution < -0.4 is 0 Å². The molecule has 1 atom stereocenters. The molecule has 0 aliphatic heterocycles. The van der Waals surface area contributed by atoms with E-state index in [1.54, 1.807) is 0 Å². The topological polar surface area (TPSA) is 48.5 Å². The van der Waals surface area contributed by atoms with Gasteiger partial charge in [0.2, 0.25) is 5.95 Å². The van der Waals surface area contributed by atoms with Gasteiger partial charge in [0, 0.05) is 38.4 Å². The second-order valence-electron chi connectivity index (χ2n) is 17.0. The molecule has 1 aliphatic rings. The van der Waals surface area contributed by atoms with Crippen LogP contribution in [-0.2, 0) is 10.8 Å². The Balaban J connectivity index is 1.19. The molecule has 0 fully saturated rings. The molecule has 58 heavy (non-hydrogen) atoms. The third-order valence-electron chi connectivity index (χ3n) is 13.4. The molecule has 0 amide bonds. The molecule has 3 heterocycles. The molecular formula is C53H43N5. The highest BCUT2D eigenvalue weighted by atomic mass is 15.2. The Morgan fingerprint density at radius 2 is 0.948 bits per heavy atom. The lowest BCUT2D eigenvalue weighted by Gasteiger charge is -2.33. The van der Waals surface area contributed by atoms with Crippen LogP contribution in [-0.4, -0.2) is 24.1 Å². The Labute approximate surface area is 338 Å². The lowest BCUT2D eigenvalue weighted by Crippen LogP contribution is -2.31. The Morgan fingerprint density at radius 1 is 0.431 bits per heavy atom. The molecule has 5 nitrogen and oxygen atoms in total. The smallest absolute Gasteiger partial charge is 0.238 e. The molecule has 11 rings (SSSR count). The van der Waals surface area contributed by atoms with Gasteiger partial charge in [-0.1, -0.05) is 174 Å². The Bertz CT molecular complexity index is 3170. The zero-order chi connectivity index (χ0) is 39.3. The van der Waals surface area contributed by atoms with Crippen molar-refractivity contribution in [3.63, 3.8) is 0 Å². The van der Waals surface area contributed by atoms with Crippen molar-refractivity contribution >= 4 is 43.6 Å². The van der Waals surface area contributed by atoms with Crippen LogP contribution in [0, 0.1) is 5.92 Å². The van der Waals surface area contributed by atoms with Crippen LogP contribution in [0.1, 0.15) is 45.7 Å². The highest BCUT2D eigenvalue weighted by molar-refractivity contribution is 6.23. The van der Waals surface area contributed by atoms with Crippen LogP contribution >= 0.6 is 0 Å². The first-order valence-corrected chi connectivity index (χ1v) is 20.3. The Hall–Kier alpha value is -6.85. The summed E-state index contributed by atoms with van der Waals surface area (Å²) >= 11 is 0. The fourth-order valence-electron chi connectivity index (χ4n) is 10.0. The fourth-order valence-corrected chi connectivity index (χ4v) is 10.0. The maximum absolute atomic E-state index is 5.27. The quantitative estimate of drug-likeness (QED) is 0.176. The highest BCUT2D eigenvalue weighted by Gasteiger charge is 2.49. The van der Waals surface area contributed by atoms with Crippen molar-refractivity contribution in [1.29, 1.82) is 0 Å². The van der Waals surface area contributed by atoms with E-state index < -0.39 is 0 Å². The number of para-hydroxylation sites is 2. The van der Waals surface area contributed by atoms with Gasteiger partial charge in [-0.05, 0) is 63.3 Å². The summed E-state index contributed by atoms with van der Waals surface area (Å²) in [7, 11) is 0. The molecule has 0 radical (unpaired) electrons. The molecule has 7 aromatic carbocycles. The molecule has 1 aliphatic carbocycles. The van der Waals surface area contributed by atoms with Gasteiger partial charge in [-0.25, -0.2) is 4.98 Å². The van der Waals surface area contributed by atoms with Crippen molar-refractivity contribution < 1.29 is 0 Å². The van der Waals surface area contributed by atoms with Crippen molar-refractivity contribution in [2.45, 2.75) is 45.4 Å². The van der Waals surface area contributed by atoms with Crippen molar-refractivity contribution in [3.05, 3.63) is 175 Å². The van der Waals surface area contributed by atoms with E-state index in [-0.39, 0.29) is 10.8 Å². The van der Waals surface area contributed by atoms with Gasteiger partial charge in [0.15, 0.2) is 11.6 Å². The first-order valence-electron chi connectivity index (χ1n) is 20.3. The summed E-state index contributed by atoms with van der Waals surface area (Å²) in [5, 5.41) is 4.66.